The predicted octanol–water partition coefficient (Wildman–Crippen LogP) is 1.96. The van der Waals surface area contributed by atoms with E-state index in [-0.39, 0.29) is 11.6 Å². The van der Waals surface area contributed by atoms with E-state index in [2.05, 4.69) is 20.6 Å². The minimum atomic E-state index is -0.292. The number of anilines is 1. The zero-order valence-corrected chi connectivity index (χ0v) is 13.6. The van der Waals surface area contributed by atoms with Gasteiger partial charge in [0.2, 0.25) is 0 Å². The van der Waals surface area contributed by atoms with Crippen LogP contribution in [0, 0.1) is 0 Å². The van der Waals surface area contributed by atoms with E-state index in [9.17, 15) is 4.79 Å². The maximum absolute atomic E-state index is 12.0. The molecule has 2 heterocycles. The van der Waals surface area contributed by atoms with Crippen LogP contribution in [0.4, 0.5) is 5.13 Å². The Kier molecular flexibility index (Phi) is 4.97. The lowest BCUT2D eigenvalue weighted by Gasteiger charge is -1.99. The van der Waals surface area contributed by atoms with Gasteiger partial charge in [0, 0.05) is 5.38 Å². The molecule has 0 saturated heterocycles. The molecule has 0 unspecified atom stereocenters. The number of nitrogen functional groups attached to an aromatic ring is 1. The highest BCUT2D eigenvalue weighted by Crippen LogP contribution is 2.10. The summed E-state index contributed by atoms with van der Waals surface area (Å²) in [7, 11) is 0. The summed E-state index contributed by atoms with van der Waals surface area (Å²) in [5.74, 6) is -0.292. The van der Waals surface area contributed by atoms with Crippen LogP contribution in [0.1, 0.15) is 21.7 Å². The lowest BCUT2D eigenvalue weighted by molar-refractivity contribution is 0.0945. The minimum absolute atomic E-state index is 0.270. The normalized spacial score (nSPS) is 11.0. The molecule has 0 spiro atoms. The molecule has 0 fully saturated rings. The summed E-state index contributed by atoms with van der Waals surface area (Å²) in [6.07, 6.45) is 5.57. The molecule has 2 aromatic heterocycles. The van der Waals surface area contributed by atoms with Crippen molar-refractivity contribution < 1.29 is 4.79 Å². The van der Waals surface area contributed by atoms with Crippen molar-refractivity contribution in [2.75, 3.05) is 5.73 Å². The van der Waals surface area contributed by atoms with Crippen LogP contribution in [0.15, 0.2) is 48.0 Å². The van der Waals surface area contributed by atoms with Gasteiger partial charge in [0.05, 0.1) is 25.0 Å². The molecule has 8 heteroatoms. The number of benzene rings is 1. The number of aromatic nitrogens is 4. The van der Waals surface area contributed by atoms with Gasteiger partial charge in [0.1, 0.15) is 0 Å². The first-order valence-corrected chi connectivity index (χ1v) is 8.18. The number of nitrogens with two attached hydrogens (primary N) is 1. The first kappa shape index (κ1) is 15.9. The monoisotopic (exact) mass is 340 g/mol. The Balaban J connectivity index is 1.52. The molecule has 0 aliphatic carbocycles. The number of nitrogens with zero attached hydrogens (tertiary/aromatic N) is 4. The Hall–Kier alpha value is -3.00. The topological polar surface area (TPSA) is 98.7 Å². The number of carbonyl (C=O) groups is 1. The smallest absolute Gasteiger partial charge is 0.273 e. The van der Waals surface area contributed by atoms with E-state index >= 15 is 0 Å². The molecule has 0 aliphatic heterocycles. The van der Waals surface area contributed by atoms with E-state index in [1.165, 1.54) is 11.3 Å². The Morgan fingerprint density at radius 3 is 2.92 bits per heavy atom. The lowest BCUT2D eigenvalue weighted by atomic mass is 10.2. The van der Waals surface area contributed by atoms with Crippen molar-refractivity contribution in [3.63, 3.8) is 0 Å². The highest BCUT2D eigenvalue weighted by Gasteiger charge is 2.10. The largest absolute Gasteiger partial charge is 0.375 e. The Morgan fingerprint density at radius 1 is 1.33 bits per heavy atom. The standard InChI is InChI=1S/C16H16N6OS/c17-16-19-13(11-24-16)9-18-15(23)14-10-22(21-20-14)8-4-7-12-5-2-1-3-6-12/h1-7,10-11H,8-9H2,(H2,17,19)(H,18,23)/b7-4+. The number of amides is 1. The Labute approximate surface area is 142 Å². The number of carbonyl (C=O) groups excluding carboxylic acids is 1. The Bertz CT molecular complexity index is 839. The summed E-state index contributed by atoms with van der Waals surface area (Å²) in [6, 6.07) is 9.96. The molecule has 3 N–H and O–H groups in total. The van der Waals surface area contributed by atoms with Gasteiger partial charge in [0.25, 0.3) is 5.91 Å². The van der Waals surface area contributed by atoms with Gasteiger partial charge in [-0.15, -0.1) is 16.4 Å². The molecular formula is C16H16N6OS. The maximum atomic E-state index is 12.0. The zero-order chi connectivity index (χ0) is 16.8. The molecule has 0 saturated carbocycles. The number of hydrogen-bond acceptors (Lipinski definition) is 6. The molecule has 3 rings (SSSR count). The van der Waals surface area contributed by atoms with E-state index in [4.69, 9.17) is 5.73 Å². The van der Waals surface area contributed by atoms with E-state index in [0.29, 0.717) is 18.2 Å². The fraction of sp³-hybridized carbons (Fsp3) is 0.125. The molecule has 0 bridgehead atoms. The van der Waals surface area contributed by atoms with Gasteiger partial charge >= 0.3 is 0 Å². The maximum Gasteiger partial charge on any atom is 0.273 e. The molecule has 7 nitrogen and oxygen atoms in total. The van der Waals surface area contributed by atoms with Gasteiger partial charge in [-0.05, 0) is 5.56 Å². The van der Waals surface area contributed by atoms with Crippen LogP contribution < -0.4 is 11.1 Å². The lowest BCUT2D eigenvalue weighted by Crippen LogP contribution is -2.23. The third kappa shape index (κ3) is 4.26. The van der Waals surface area contributed by atoms with Crippen molar-refractivity contribution in [2.45, 2.75) is 13.1 Å². The van der Waals surface area contributed by atoms with Gasteiger partial charge in [-0.1, -0.05) is 47.7 Å². The fourth-order valence-electron chi connectivity index (χ4n) is 2.02. The third-order valence-corrected chi connectivity index (χ3v) is 3.90. The molecule has 122 valence electrons. The second-order valence-electron chi connectivity index (χ2n) is 5.00. The molecule has 0 aliphatic rings. The number of rotatable bonds is 6. The van der Waals surface area contributed by atoms with Crippen LogP contribution in [0.2, 0.25) is 0 Å². The van der Waals surface area contributed by atoms with Gasteiger partial charge in [-0.2, -0.15) is 0 Å². The van der Waals surface area contributed by atoms with Crippen molar-refractivity contribution in [3.8, 4) is 0 Å². The van der Waals surface area contributed by atoms with Crippen molar-refractivity contribution in [1.82, 2.24) is 25.3 Å². The van der Waals surface area contributed by atoms with Crippen LogP contribution in [-0.4, -0.2) is 25.9 Å². The van der Waals surface area contributed by atoms with Gasteiger partial charge < -0.3 is 11.1 Å². The van der Waals surface area contributed by atoms with Gasteiger partial charge in [-0.25, -0.2) is 9.67 Å². The van der Waals surface area contributed by atoms with E-state index in [0.717, 1.165) is 11.3 Å². The second kappa shape index (κ2) is 7.51. The summed E-state index contributed by atoms with van der Waals surface area (Å²) in [6.45, 7) is 0.852. The number of hydrogen-bond donors (Lipinski definition) is 2. The molecule has 0 atom stereocenters. The average Bonchev–Trinajstić information content (AvgIpc) is 3.23. The van der Waals surface area contributed by atoms with E-state index in [1.807, 2.05) is 42.5 Å². The van der Waals surface area contributed by atoms with Gasteiger partial charge in [0.15, 0.2) is 10.8 Å². The fourth-order valence-corrected chi connectivity index (χ4v) is 2.58. The van der Waals surface area contributed by atoms with E-state index in [1.54, 1.807) is 16.3 Å². The molecule has 1 amide bonds. The van der Waals surface area contributed by atoms with E-state index < -0.39 is 0 Å². The molecular weight excluding hydrogens is 324 g/mol. The SMILES string of the molecule is Nc1nc(CNC(=O)c2cn(C/C=C/c3ccccc3)nn2)cs1. The van der Waals surface area contributed by atoms with Crippen LogP contribution >= 0.6 is 11.3 Å². The van der Waals surface area contributed by atoms with Crippen molar-refractivity contribution in [2.24, 2.45) is 0 Å². The first-order chi connectivity index (χ1) is 11.7. The van der Waals surface area contributed by atoms with Crippen LogP contribution in [-0.2, 0) is 13.1 Å². The summed E-state index contributed by atoms with van der Waals surface area (Å²) in [4.78, 5) is 16.1. The van der Waals surface area contributed by atoms with Crippen LogP contribution in [0.5, 0.6) is 0 Å². The molecule has 24 heavy (non-hydrogen) atoms. The zero-order valence-electron chi connectivity index (χ0n) is 12.8. The summed E-state index contributed by atoms with van der Waals surface area (Å²) in [5, 5.41) is 12.9. The number of thiazole rings is 1. The van der Waals surface area contributed by atoms with Crippen molar-refractivity contribution >= 4 is 28.5 Å². The highest BCUT2D eigenvalue weighted by atomic mass is 32.1. The minimum Gasteiger partial charge on any atom is -0.375 e. The molecule has 1 aromatic carbocycles. The van der Waals surface area contributed by atoms with Crippen LogP contribution in [0.25, 0.3) is 6.08 Å². The Morgan fingerprint density at radius 2 is 2.17 bits per heavy atom. The van der Waals surface area contributed by atoms with Crippen LogP contribution in [0.3, 0.4) is 0 Å². The second-order valence-corrected chi connectivity index (χ2v) is 5.89. The number of nitrogens with one attached hydrogen (secondary N) is 1. The summed E-state index contributed by atoms with van der Waals surface area (Å²) in [5.41, 5.74) is 7.66. The molecule has 3 aromatic rings. The summed E-state index contributed by atoms with van der Waals surface area (Å²) < 4.78 is 1.61. The number of allylic oxidation sites excluding steroid dienone is 1. The third-order valence-electron chi connectivity index (χ3n) is 3.17. The highest BCUT2D eigenvalue weighted by molar-refractivity contribution is 7.13. The van der Waals surface area contributed by atoms with Gasteiger partial charge in [-0.3, -0.25) is 4.79 Å². The quantitative estimate of drug-likeness (QED) is 0.715. The first-order valence-electron chi connectivity index (χ1n) is 7.30. The average molecular weight is 340 g/mol. The van der Waals surface area contributed by atoms with Crippen molar-refractivity contribution in [3.05, 3.63) is 64.9 Å². The van der Waals surface area contributed by atoms with Crippen molar-refractivity contribution in [1.29, 1.82) is 0 Å². The predicted molar refractivity (Wildman–Crippen MR) is 93.2 cm³/mol. The summed E-state index contributed by atoms with van der Waals surface area (Å²) >= 11 is 1.34. The molecule has 0 radical (unpaired) electrons.